The zero-order valence-corrected chi connectivity index (χ0v) is 15.4. The Morgan fingerprint density at radius 2 is 2.00 bits per heavy atom. The maximum absolute atomic E-state index is 12.4. The number of aromatic nitrogens is 2. The van der Waals surface area contributed by atoms with E-state index in [-0.39, 0.29) is 11.7 Å². The van der Waals surface area contributed by atoms with E-state index in [0.717, 1.165) is 5.52 Å². The first-order valence-corrected chi connectivity index (χ1v) is 8.43. The fourth-order valence-electron chi connectivity index (χ4n) is 2.54. The number of halogens is 1. The number of fused-ring (bicyclic) bond motifs is 1. The van der Waals surface area contributed by atoms with Gasteiger partial charge in [-0.05, 0) is 44.2 Å². The van der Waals surface area contributed by atoms with Gasteiger partial charge in [-0.15, -0.1) is 0 Å². The van der Waals surface area contributed by atoms with Gasteiger partial charge in [-0.3, -0.25) is 14.9 Å². The average molecular weight is 372 g/mol. The fraction of sp³-hybridized carbons (Fsp3) is 0.211. The van der Waals surface area contributed by atoms with Crippen molar-refractivity contribution in [2.45, 2.75) is 20.0 Å². The summed E-state index contributed by atoms with van der Waals surface area (Å²) in [5.41, 5.74) is 2.08. The Bertz CT molecular complexity index is 997. The van der Waals surface area contributed by atoms with E-state index in [4.69, 9.17) is 16.3 Å². The summed E-state index contributed by atoms with van der Waals surface area (Å²) >= 11 is 5.98. The predicted octanol–water partition coefficient (Wildman–Crippen LogP) is 3.84. The summed E-state index contributed by atoms with van der Waals surface area (Å²) in [6.07, 6.45) is -0.763. The smallest absolute Gasteiger partial charge is 0.267 e. The molecule has 1 aromatic heterocycles. The lowest BCUT2D eigenvalue weighted by atomic mass is 10.1. The van der Waals surface area contributed by atoms with Gasteiger partial charge < -0.3 is 9.30 Å². The van der Waals surface area contributed by atoms with Crippen molar-refractivity contribution in [3.63, 3.8) is 0 Å². The second kappa shape index (κ2) is 7.17. The topological polar surface area (TPSA) is 73.2 Å². The maximum atomic E-state index is 12.4. The number of ether oxygens (including phenoxy) is 1. The van der Waals surface area contributed by atoms with Crippen molar-refractivity contribution in [2.75, 3.05) is 5.32 Å². The predicted molar refractivity (Wildman–Crippen MR) is 101 cm³/mol. The van der Waals surface area contributed by atoms with Crippen molar-refractivity contribution in [3.05, 3.63) is 53.1 Å². The van der Waals surface area contributed by atoms with Crippen LogP contribution in [-0.4, -0.2) is 27.3 Å². The second-order valence-corrected chi connectivity index (χ2v) is 6.40. The largest absolute Gasteiger partial charge is 0.481 e. The lowest BCUT2D eigenvalue weighted by Gasteiger charge is -2.15. The molecule has 3 aromatic rings. The number of benzene rings is 2. The Balaban J connectivity index is 1.74. The van der Waals surface area contributed by atoms with E-state index in [1.54, 1.807) is 54.9 Å². The zero-order valence-electron chi connectivity index (χ0n) is 14.6. The number of hydrogen-bond donors (Lipinski definition) is 1. The number of nitrogens with zero attached hydrogens (tertiary/aromatic N) is 2. The second-order valence-electron chi connectivity index (χ2n) is 5.96. The molecule has 0 saturated heterocycles. The van der Waals surface area contributed by atoms with Crippen LogP contribution in [0.15, 0.2) is 42.5 Å². The number of Topliss-reactive ketones (excluding diaryl/α,β-unsaturated/α-hetero) is 1. The minimum Gasteiger partial charge on any atom is -0.481 e. The molecule has 1 N–H and O–H groups in total. The van der Waals surface area contributed by atoms with Crippen molar-refractivity contribution in [3.8, 4) is 5.75 Å². The van der Waals surface area contributed by atoms with Gasteiger partial charge in [0.05, 0.1) is 11.0 Å². The van der Waals surface area contributed by atoms with Gasteiger partial charge in [0.25, 0.3) is 5.91 Å². The fourth-order valence-corrected chi connectivity index (χ4v) is 2.71. The summed E-state index contributed by atoms with van der Waals surface area (Å²) in [6.45, 7) is 3.11. The molecule has 0 bridgehead atoms. The van der Waals surface area contributed by atoms with E-state index >= 15 is 0 Å². The van der Waals surface area contributed by atoms with Crippen LogP contribution in [0.25, 0.3) is 11.0 Å². The maximum Gasteiger partial charge on any atom is 0.267 e. The van der Waals surface area contributed by atoms with E-state index in [0.29, 0.717) is 27.8 Å². The molecule has 134 valence electrons. The Morgan fingerprint density at radius 3 is 2.73 bits per heavy atom. The molecule has 1 heterocycles. The van der Waals surface area contributed by atoms with E-state index in [9.17, 15) is 9.59 Å². The van der Waals surface area contributed by atoms with Crippen molar-refractivity contribution < 1.29 is 14.3 Å². The molecule has 26 heavy (non-hydrogen) atoms. The van der Waals surface area contributed by atoms with Crippen LogP contribution in [0, 0.1) is 0 Å². The highest BCUT2D eigenvalue weighted by Crippen LogP contribution is 2.22. The molecule has 0 saturated carbocycles. The summed E-state index contributed by atoms with van der Waals surface area (Å²) < 4.78 is 7.42. The number of amides is 1. The molecule has 0 fully saturated rings. The quantitative estimate of drug-likeness (QED) is 0.691. The standard InChI is InChI=1S/C19H18ClN3O3/c1-11(24)13-5-4-6-15(9-13)26-12(2)18(25)22-19-21-16-10-14(20)7-8-17(16)23(19)3/h4-10,12H,1-3H3,(H,21,22,25). The van der Waals surface area contributed by atoms with Crippen molar-refractivity contribution in [1.29, 1.82) is 0 Å². The number of hydrogen-bond acceptors (Lipinski definition) is 4. The number of carbonyl (C=O) groups is 2. The van der Waals surface area contributed by atoms with Gasteiger partial charge in [0, 0.05) is 17.6 Å². The van der Waals surface area contributed by atoms with E-state index in [2.05, 4.69) is 10.3 Å². The van der Waals surface area contributed by atoms with Crippen LogP contribution < -0.4 is 10.1 Å². The minimum absolute atomic E-state index is 0.0640. The molecular formula is C19H18ClN3O3. The Kier molecular flexibility index (Phi) is 4.95. The number of nitrogens with one attached hydrogen (secondary N) is 1. The first-order valence-electron chi connectivity index (χ1n) is 8.05. The number of carbonyl (C=O) groups excluding carboxylic acids is 2. The number of aryl methyl sites for hydroxylation is 1. The molecule has 0 spiro atoms. The number of rotatable bonds is 5. The molecule has 7 heteroatoms. The zero-order chi connectivity index (χ0) is 18.8. The summed E-state index contributed by atoms with van der Waals surface area (Å²) in [5, 5.41) is 3.33. The summed E-state index contributed by atoms with van der Waals surface area (Å²) in [6, 6.07) is 12.1. The van der Waals surface area contributed by atoms with Crippen molar-refractivity contribution in [2.24, 2.45) is 7.05 Å². The molecule has 1 atom stereocenters. The van der Waals surface area contributed by atoms with Gasteiger partial charge in [-0.1, -0.05) is 23.7 Å². The first kappa shape index (κ1) is 17.9. The van der Waals surface area contributed by atoms with Gasteiger partial charge in [0.1, 0.15) is 5.75 Å². The van der Waals surface area contributed by atoms with E-state index < -0.39 is 6.10 Å². The van der Waals surface area contributed by atoms with Crippen molar-refractivity contribution >= 4 is 40.3 Å². The third-order valence-corrected chi connectivity index (χ3v) is 4.24. The Morgan fingerprint density at radius 1 is 1.23 bits per heavy atom. The van der Waals surface area contributed by atoms with Crippen LogP contribution in [-0.2, 0) is 11.8 Å². The molecule has 3 rings (SSSR count). The molecule has 0 aliphatic heterocycles. The summed E-state index contributed by atoms with van der Waals surface area (Å²) in [5.74, 6) is 0.450. The van der Waals surface area contributed by atoms with Crippen molar-refractivity contribution in [1.82, 2.24) is 9.55 Å². The molecule has 1 amide bonds. The lowest BCUT2D eigenvalue weighted by Crippen LogP contribution is -2.31. The van der Waals surface area contributed by atoms with Gasteiger partial charge in [-0.25, -0.2) is 4.98 Å². The highest BCUT2D eigenvalue weighted by Gasteiger charge is 2.18. The normalized spacial score (nSPS) is 12.0. The van der Waals surface area contributed by atoms with Gasteiger partial charge in [-0.2, -0.15) is 0 Å². The van der Waals surface area contributed by atoms with Crippen LogP contribution in [0.1, 0.15) is 24.2 Å². The molecule has 0 aliphatic rings. The lowest BCUT2D eigenvalue weighted by molar-refractivity contribution is -0.122. The van der Waals surface area contributed by atoms with Crippen LogP contribution >= 0.6 is 11.6 Å². The number of imidazole rings is 1. The summed E-state index contributed by atoms with van der Waals surface area (Å²) in [4.78, 5) is 28.3. The van der Waals surface area contributed by atoms with Gasteiger partial charge in [0.15, 0.2) is 11.9 Å². The number of ketones is 1. The minimum atomic E-state index is -0.763. The van der Waals surface area contributed by atoms with Crippen LogP contribution in [0.3, 0.4) is 0 Å². The monoisotopic (exact) mass is 371 g/mol. The highest BCUT2D eigenvalue weighted by molar-refractivity contribution is 6.31. The average Bonchev–Trinajstić information content (AvgIpc) is 2.90. The first-order chi connectivity index (χ1) is 12.3. The summed E-state index contributed by atoms with van der Waals surface area (Å²) in [7, 11) is 1.81. The third kappa shape index (κ3) is 3.70. The highest BCUT2D eigenvalue weighted by atomic mass is 35.5. The third-order valence-electron chi connectivity index (χ3n) is 4.00. The van der Waals surface area contributed by atoms with Crippen LogP contribution in [0.5, 0.6) is 5.75 Å². The van der Waals surface area contributed by atoms with Gasteiger partial charge >= 0.3 is 0 Å². The molecular weight excluding hydrogens is 354 g/mol. The molecule has 0 radical (unpaired) electrons. The van der Waals surface area contributed by atoms with E-state index in [1.807, 2.05) is 6.07 Å². The van der Waals surface area contributed by atoms with Crippen LogP contribution in [0.4, 0.5) is 5.95 Å². The Labute approximate surface area is 155 Å². The SMILES string of the molecule is CC(=O)c1cccc(OC(C)C(=O)Nc2nc3cc(Cl)ccc3n2C)c1. The van der Waals surface area contributed by atoms with Gasteiger partial charge in [0.2, 0.25) is 5.95 Å². The Hall–Kier alpha value is -2.86. The molecule has 6 nitrogen and oxygen atoms in total. The molecule has 2 aromatic carbocycles. The molecule has 1 unspecified atom stereocenters. The van der Waals surface area contributed by atoms with E-state index in [1.165, 1.54) is 6.92 Å². The number of anilines is 1. The van der Waals surface area contributed by atoms with Crippen LogP contribution in [0.2, 0.25) is 5.02 Å². The molecule has 0 aliphatic carbocycles.